The molecule has 0 aromatic heterocycles. The molecular weight excluding hydrogens is 364 g/mol. The van der Waals surface area contributed by atoms with Gasteiger partial charge in [-0.1, -0.05) is 31.2 Å². The van der Waals surface area contributed by atoms with E-state index in [0.717, 1.165) is 51.3 Å². The lowest BCUT2D eigenvalue weighted by Gasteiger charge is -2.36. The van der Waals surface area contributed by atoms with Gasteiger partial charge in [-0.25, -0.2) is 0 Å². The first kappa shape index (κ1) is 19.9. The first-order chi connectivity index (χ1) is 14.2. The van der Waals surface area contributed by atoms with Crippen molar-refractivity contribution in [3.05, 3.63) is 65.2 Å². The molecule has 1 atom stereocenters. The average molecular weight is 395 g/mol. The predicted molar refractivity (Wildman–Crippen MR) is 113 cm³/mol. The van der Waals surface area contributed by atoms with Crippen molar-refractivity contribution < 1.29 is 14.3 Å². The van der Waals surface area contributed by atoms with Gasteiger partial charge in [-0.15, -0.1) is 0 Å². The zero-order valence-corrected chi connectivity index (χ0v) is 17.1. The van der Waals surface area contributed by atoms with Gasteiger partial charge in [0.05, 0.1) is 19.3 Å². The van der Waals surface area contributed by atoms with Crippen LogP contribution in [0.2, 0.25) is 0 Å². The quantitative estimate of drug-likeness (QED) is 0.842. The highest BCUT2D eigenvalue weighted by Gasteiger charge is 2.28. The molecule has 5 nitrogen and oxygen atoms in total. The molecule has 2 aliphatic heterocycles. The van der Waals surface area contributed by atoms with Crippen molar-refractivity contribution in [1.29, 1.82) is 0 Å². The first-order valence-electron chi connectivity index (χ1n) is 10.7. The number of rotatable bonds is 5. The number of nitrogens with one attached hydrogen (secondary N) is 1. The molecule has 2 aromatic rings. The molecular formula is C24H30N2O3. The van der Waals surface area contributed by atoms with Crippen LogP contribution in [0.1, 0.15) is 47.3 Å². The molecule has 154 valence electrons. The Kier molecular flexibility index (Phi) is 6.47. The van der Waals surface area contributed by atoms with Crippen LogP contribution < -0.4 is 10.1 Å². The summed E-state index contributed by atoms with van der Waals surface area (Å²) < 4.78 is 11.4. The van der Waals surface area contributed by atoms with Crippen molar-refractivity contribution in [1.82, 2.24) is 10.2 Å². The van der Waals surface area contributed by atoms with Crippen molar-refractivity contribution in [2.24, 2.45) is 0 Å². The number of nitrogens with zero attached hydrogens (tertiary/aromatic N) is 1. The number of carbonyl (C=O) groups is 1. The zero-order valence-electron chi connectivity index (χ0n) is 17.1. The Hall–Kier alpha value is -2.37. The predicted octanol–water partition coefficient (Wildman–Crippen LogP) is 3.59. The van der Waals surface area contributed by atoms with Gasteiger partial charge in [-0.3, -0.25) is 4.79 Å². The van der Waals surface area contributed by atoms with Crippen LogP contribution in [-0.2, 0) is 11.2 Å². The molecule has 2 fully saturated rings. The second-order valence-electron chi connectivity index (χ2n) is 7.77. The molecule has 1 N–H and O–H groups in total. The van der Waals surface area contributed by atoms with Crippen LogP contribution in [0.5, 0.6) is 5.75 Å². The van der Waals surface area contributed by atoms with Gasteiger partial charge in [-0.2, -0.15) is 0 Å². The molecule has 2 aromatic carbocycles. The van der Waals surface area contributed by atoms with Crippen LogP contribution in [-0.4, -0.2) is 49.8 Å². The van der Waals surface area contributed by atoms with E-state index in [1.165, 1.54) is 11.1 Å². The van der Waals surface area contributed by atoms with Crippen molar-refractivity contribution in [3.63, 3.8) is 0 Å². The summed E-state index contributed by atoms with van der Waals surface area (Å²) >= 11 is 0. The van der Waals surface area contributed by atoms with E-state index in [1.807, 2.05) is 29.2 Å². The largest absolute Gasteiger partial charge is 0.490 e. The molecule has 0 spiro atoms. The normalized spacial score (nSPS) is 20.4. The number of benzene rings is 2. The summed E-state index contributed by atoms with van der Waals surface area (Å²) in [6.07, 6.45) is 3.06. The Balaban J connectivity index is 1.46. The van der Waals surface area contributed by atoms with Gasteiger partial charge in [0, 0.05) is 38.0 Å². The highest BCUT2D eigenvalue weighted by atomic mass is 16.5. The summed E-state index contributed by atoms with van der Waals surface area (Å²) in [7, 11) is 0. The second-order valence-corrected chi connectivity index (χ2v) is 7.77. The van der Waals surface area contributed by atoms with Gasteiger partial charge in [0.25, 0.3) is 5.91 Å². The number of hydrogen-bond acceptors (Lipinski definition) is 4. The van der Waals surface area contributed by atoms with Crippen LogP contribution in [0.15, 0.2) is 48.5 Å². The van der Waals surface area contributed by atoms with Gasteiger partial charge in [0.1, 0.15) is 11.9 Å². The molecule has 0 saturated carbocycles. The monoisotopic (exact) mass is 394 g/mol. The fourth-order valence-corrected chi connectivity index (χ4v) is 4.05. The maximum atomic E-state index is 13.2. The van der Waals surface area contributed by atoms with Gasteiger partial charge in [0.2, 0.25) is 0 Å². The molecule has 29 heavy (non-hydrogen) atoms. The van der Waals surface area contributed by atoms with Gasteiger partial charge in [-0.05, 0) is 41.8 Å². The van der Waals surface area contributed by atoms with E-state index < -0.39 is 0 Å². The van der Waals surface area contributed by atoms with Gasteiger partial charge in [0.15, 0.2) is 0 Å². The lowest BCUT2D eigenvalue weighted by atomic mass is 10.00. The highest BCUT2D eigenvalue weighted by molar-refractivity contribution is 5.94. The maximum absolute atomic E-state index is 13.2. The summed E-state index contributed by atoms with van der Waals surface area (Å²) in [4.78, 5) is 15.2. The molecule has 1 unspecified atom stereocenters. The van der Waals surface area contributed by atoms with E-state index in [2.05, 4.69) is 36.5 Å². The molecule has 0 aliphatic carbocycles. The number of amides is 1. The third kappa shape index (κ3) is 4.80. The fourth-order valence-electron chi connectivity index (χ4n) is 4.05. The van der Waals surface area contributed by atoms with Gasteiger partial charge < -0.3 is 19.7 Å². The van der Waals surface area contributed by atoms with E-state index in [-0.39, 0.29) is 18.1 Å². The summed E-state index contributed by atoms with van der Waals surface area (Å²) in [6, 6.07) is 16.3. The maximum Gasteiger partial charge on any atom is 0.254 e. The number of ether oxygens (including phenoxy) is 2. The molecule has 2 saturated heterocycles. The lowest BCUT2D eigenvalue weighted by molar-refractivity contribution is 0.0255. The van der Waals surface area contributed by atoms with Crippen molar-refractivity contribution in [2.75, 3.05) is 32.8 Å². The zero-order chi connectivity index (χ0) is 20.1. The van der Waals surface area contributed by atoms with E-state index in [0.29, 0.717) is 12.1 Å². The minimum atomic E-state index is 0.0559. The standard InChI is InChI=1S/C24H30N2O3/c1-2-18-3-5-19(6-4-18)23-17-25-13-14-26(23)24(27)20-7-9-21(10-8-20)29-22-11-15-28-16-12-22/h3-10,22-23,25H,2,11-17H2,1H3. The van der Waals surface area contributed by atoms with Crippen LogP contribution in [0, 0.1) is 0 Å². The van der Waals surface area contributed by atoms with Gasteiger partial charge >= 0.3 is 0 Å². The van der Waals surface area contributed by atoms with Crippen molar-refractivity contribution >= 4 is 5.91 Å². The minimum Gasteiger partial charge on any atom is -0.490 e. The third-order valence-corrected chi connectivity index (χ3v) is 5.85. The number of piperazine rings is 1. The molecule has 1 amide bonds. The Morgan fingerprint density at radius 3 is 2.52 bits per heavy atom. The molecule has 0 bridgehead atoms. The molecule has 0 radical (unpaired) electrons. The third-order valence-electron chi connectivity index (χ3n) is 5.85. The summed E-state index contributed by atoms with van der Waals surface area (Å²) in [6.45, 7) is 5.97. The van der Waals surface area contributed by atoms with Crippen LogP contribution in [0.3, 0.4) is 0 Å². The number of aryl methyl sites for hydroxylation is 1. The molecule has 5 heteroatoms. The Morgan fingerprint density at radius 1 is 1.10 bits per heavy atom. The topological polar surface area (TPSA) is 50.8 Å². The highest BCUT2D eigenvalue weighted by Crippen LogP contribution is 2.26. The van der Waals surface area contributed by atoms with Crippen LogP contribution in [0.4, 0.5) is 0 Å². The Labute approximate surface area is 173 Å². The minimum absolute atomic E-state index is 0.0559. The van der Waals surface area contributed by atoms with E-state index >= 15 is 0 Å². The average Bonchev–Trinajstić information content (AvgIpc) is 2.80. The van der Waals surface area contributed by atoms with E-state index in [9.17, 15) is 4.79 Å². The molecule has 4 rings (SSSR count). The molecule has 2 aliphatic rings. The van der Waals surface area contributed by atoms with E-state index in [4.69, 9.17) is 9.47 Å². The number of hydrogen-bond donors (Lipinski definition) is 1. The van der Waals surface area contributed by atoms with Crippen LogP contribution >= 0.6 is 0 Å². The summed E-state index contributed by atoms with van der Waals surface area (Å²) in [5.41, 5.74) is 3.21. The molecule has 2 heterocycles. The number of carbonyl (C=O) groups excluding carboxylic acids is 1. The Bertz CT molecular complexity index is 798. The Morgan fingerprint density at radius 2 is 1.83 bits per heavy atom. The van der Waals surface area contributed by atoms with E-state index in [1.54, 1.807) is 0 Å². The first-order valence-corrected chi connectivity index (χ1v) is 10.7. The smallest absolute Gasteiger partial charge is 0.254 e. The summed E-state index contributed by atoms with van der Waals surface area (Å²) in [5.74, 6) is 0.897. The lowest BCUT2D eigenvalue weighted by Crippen LogP contribution is -2.48. The summed E-state index contributed by atoms with van der Waals surface area (Å²) in [5, 5.41) is 3.43. The van der Waals surface area contributed by atoms with Crippen molar-refractivity contribution in [3.8, 4) is 5.75 Å². The van der Waals surface area contributed by atoms with Crippen molar-refractivity contribution in [2.45, 2.75) is 38.3 Å². The second kappa shape index (κ2) is 9.42. The van der Waals surface area contributed by atoms with Crippen LogP contribution in [0.25, 0.3) is 0 Å². The fraction of sp³-hybridized carbons (Fsp3) is 0.458. The SMILES string of the molecule is CCc1ccc(C2CNCCN2C(=O)c2ccc(OC3CCOCC3)cc2)cc1.